The predicted molar refractivity (Wildman–Crippen MR) is 29.7 cm³/mol. The average Bonchev–Trinajstić information content (AvgIpc) is 2.37. The summed E-state index contributed by atoms with van der Waals surface area (Å²) in [4.78, 5) is 9.89. The van der Waals surface area contributed by atoms with E-state index in [0.717, 1.165) is 0 Å². The molecule has 1 rings (SSSR count). The van der Waals surface area contributed by atoms with Gasteiger partial charge in [-0.15, -0.1) is 0 Å². The van der Waals surface area contributed by atoms with E-state index in [9.17, 15) is 4.79 Å². The van der Waals surface area contributed by atoms with Crippen molar-refractivity contribution in [3.8, 4) is 0 Å². The van der Waals surface area contributed by atoms with Crippen LogP contribution in [0.5, 0.6) is 0 Å². The van der Waals surface area contributed by atoms with Crippen LogP contribution >= 0.6 is 0 Å². The highest BCUT2D eigenvalue weighted by atomic mass is 16.4. The number of hydrogen-bond donors (Lipinski definition) is 1. The second-order valence-corrected chi connectivity index (χ2v) is 1.60. The third-order valence-corrected chi connectivity index (χ3v) is 0.964. The molecule has 0 fully saturated rings. The topological polar surface area (TPSA) is 50.4 Å². The van der Waals surface area contributed by atoms with Crippen molar-refractivity contribution in [2.75, 3.05) is 0 Å². The van der Waals surface area contributed by atoms with Crippen molar-refractivity contribution in [3.63, 3.8) is 0 Å². The molecule has 1 N–H and O–H groups in total. The van der Waals surface area contributed by atoms with E-state index in [-0.39, 0.29) is 5.76 Å². The number of aldehydes is 1. The Bertz CT molecular complexity index is 178. The molecule has 0 aliphatic heterocycles. The summed E-state index contributed by atoms with van der Waals surface area (Å²) in [6.45, 7) is 0. The van der Waals surface area contributed by atoms with Gasteiger partial charge in [0.25, 0.3) is 0 Å². The number of furan rings is 1. The van der Waals surface area contributed by atoms with Gasteiger partial charge < -0.3 is 9.52 Å². The zero-order valence-electron chi connectivity index (χ0n) is 4.65. The number of aliphatic hydroxyl groups excluding tert-OH is 1. The van der Waals surface area contributed by atoms with Crippen LogP contribution in [0.2, 0.25) is 0 Å². The second kappa shape index (κ2) is 2.46. The first-order valence-corrected chi connectivity index (χ1v) is 2.51. The maximum Gasteiger partial charge on any atom is 0.167 e. The van der Waals surface area contributed by atoms with Crippen molar-refractivity contribution in [2.45, 2.75) is 6.10 Å². The van der Waals surface area contributed by atoms with Crippen LogP contribution in [0, 0.1) is 0 Å². The van der Waals surface area contributed by atoms with E-state index in [1.54, 1.807) is 12.1 Å². The van der Waals surface area contributed by atoms with Gasteiger partial charge in [-0.1, -0.05) is 0 Å². The Balaban J connectivity index is 2.76. The maximum atomic E-state index is 9.89. The van der Waals surface area contributed by atoms with Gasteiger partial charge in [-0.3, -0.25) is 4.79 Å². The monoisotopic (exact) mass is 126 g/mol. The van der Waals surface area contributed by atoms with E-state index < -0.39 is 6.10 Å². The average molecular weight is 126 g/mol. The van der Waals surface area contributed by atoms with Gasteiger partial charge in [-0.25, -0.2) is 0 Å². The summed E-state index contributed by atoms with van der Waals surface area (Å²) in [6, 6.07) is 3.15. The van der Waals surface area contributed by atoms with Gasteiger partial charge in [-0.2, -0.15) is 0 Å². The second-order valence-electron chi connectivity index (χ2n) is 1.60. The zero-order chi connectivity index (χ0) is 6.69. The minimum atomic E-state index is -1.11. The molecule has 0 bridgehead atoms. The lowest BCUT2D eigenvalue weighted by Crippen LogP contribution is -1.94. The van der Waals surface area contributed by atoms with E-state index in [0.29, 0.717) is 6.29 Å². The molecule has 1 aromatic rings. The first-order chi connectivity index (χ1) is 4.34. The Labute approximate surface area is 51.9 Å². The van der Waals surface area contributed by atoms with Crippen LogP contribution in [-0.4, -0.2) is 11.4 Å². The van der Waals surface area contributed by atoms with Crippen molar-refractivity contribution in [1.82, 2.24) is 0 Å². The summed E-state index contributed by atoms with van der Waals surface area (Å²) in [5.74, 6) is 0.282. The fourth-order valence-corrected chi connectivity index (χ4v) is 0.527. The smallest absolute Gasteiger partial charge is 0.167 e. The van der Waals surface area contributed by atoms with Crippen LogP contribution in [0.3, 0.4) is 0 Å². The summed E-state index contributed by atoms with van der Waals surface area (Å²) >= 11 is 0. The van der Waals surface area contributed by atoms with Gasteiger partial charge in [0, 0.05) is 0 Å². The Morgan fingerprint density at radius 2 is 2.56 bits per heavy atom. The van der Waals surface area contributed by atoms with Crippen molar-refractivity contribution >= 4 is 6.29 Å². The van der Waals surface area contributed by atoms with Gasteiger partial charge in [0.1, 0.15) is 5.76 Å². The molecule has 0 aliphatic carbocycles. The van der Waals surface area contributed by atoms with Crippen LogP contribution in [0.1, 0.15) is 11.9 Å². The van der Waals surface area contributed by atoms with E-state index >= 15 is 0 Å². The molecule has 1 atom stereocenters. The SMILES string of the molecule is O=CC(O)c1ccco1. The highest BCUT2D eigenvalue weighted by Crippen LogP contribution is 2.08. The lowest BCUT2D eigenvalue weighted by Gasteiger charge is -1.93. The van der Waals surface area contributed by atoms with Crippen molar-refractivity contribution < 1.29 is 14.3 Å². The Kier molecular flexibility index (Phi) is 1.65. The molecular formula is C6H6O3. The Hall–Kier alpha value is -1.09. The van der Waals surface area contributed by atoms with Crippen molar-refractivity contribution in [1.29, 1.82) is 0 Å². The molecule has 3 heteroatoms. The van der Waals surface area contributed by atoms with Crippen molar-refractivity contribution in [2.24, 2.45) is 0 Å². The quantitative estimate of drug-likeness (QED) is 0.587. The Morgan fingerprint density at radius 3 is 3.00 bits per heavy atom. The van der Waals surface area contributed by atoms with Gasteiger partial charge in [0.05, 0.1) is 6.26 Å². The number of aliphatic hydroxyl groups is 1. The van der Waals surface area contributed by atoms with Gasteiger partial charge in [0.2, 0.25) is 0 Å². The molecular weight excluding hydrogens is 120 g/mol. The predicted octanol–water partition coefficient (Wildman–Crippen LogP) is 0.512. The molecule has 9 heavy (non-hydrogen) atoms. The molecule has 48 valence electrons. The summed E-state index contributed by atoms with van der Waals surface area (Å²) in [7, 11) is 0. The Morgan fingerprint density at radius 1 is 1.78 bits per heavy atom. The molecule has 0 saturated heterocycles. The van der Waals surface area contributed by atoms with Crippen LogP contribution < -0.4 is 0 Å². The summed E-state index contributed by atoms with van der Waals surface area (Å²) in [5.41, 5.74) is 0. The molecule has 0 amide bonds. The molecule has 1 unspecified atom stereocenters. The molecule has 0 aromatic carbocycles. The summed E-state index contributed by atoms with van der Waals surface area (Å²) < 4.78 is 4.70. The van der Waals surface area contributed by atoms with Gasteiger partial charge in [0.15, 0.2) is 12.4 Å². The minimum absolute atomic E-state index is 0.282. The third kappa shape index (κ3) is 1.17. The van der Waals surface area contributed by atoms with Gasteiger partial charge in [-0.05, 0) is 12.1 Å². The molecule has 3 nitrogen and oxygen atoms in total. The largest absolute Gasteiger partial charge is 0.466 e. The molecule has 0 aliphatic rings. The van der Waals surface area contributed by atoms with Gasteiger partial charge >= 0.3 is 0 Å². The summed E-state index contributed by atoms with van der Waals surface area (Å²) in [6.07, 6.45) is 0.709. The van der Waals surface area contributed by atoms with Crippen molar-refractivity contribution in [3.05, 3.63) is 24.2 Å². The first kappa shape index (κ1) is 6.04. The standard InChI is InChI=1S/C6H6O3/c7-4-5(8)6-2-1-3-9-6/h1-5,8H. The zero-order valence-corrected chi connectivity index (χ0v) is 4.65. The fourth-order valence-electron chi connectivity index (χ4n) is 0.527. The highest BCUT2D eigenvalue weighted by molar-refractivity contribution is 5.57. The lowest BCUT2D eigenvalue weighted by atomic mass is 10.3. The number of hydrogen-bond acceptors (Lipinski definition) is 3. The molecule has 0 spiro atoms. The normalized spacial score (nSPS) is 13.0. The van der Waals surface area contributed by atoms with E-state index in [4.69, 9.17) is 9.52 Å². The molecule has 1 heterocycles. The third-order valence-electron chi connectivity index (χ3n) is 0.964. The van der Waals surface area contributed by atoms with E-state index in [1.165, 1.54) is 6.26 Å². The van der Waals surface area contributed by atoms with Crippen LogP contribution in [0.4, 0.5) is 0 Å². The molecule has 1 aromatic heterocycles. The summed E-state index contributed by atoms with van der Waals surface area (Å²) in [5, 5.41) is 8.76. The van der Waals surface area contributed by atoms with Crippen LogP contribution in [0.15, 0.2) is 22.8 Å². The van der Waals surface area contributed by atoms with Crippen LogP contribution in [0.25, 0.3) is 0 Å². The minimum Gasteiger partial charge on any atom is -0.466 e. The number of carbonyl (C=O) groups excluding carboxylic acids is 1. The fraction of sp³-hybridized carbons (Fsp3) is 0.167. The number of rotatable bonds is 2. The highest BCUT2D eigenvalue weighted by Gasteiger charge is 2.06. The maximum absolute atomic E-state index is 9.89. The van der Waals surface area contributed by atoms with E-state index in [2.05, 4.69) is 0 Å². The number of carbonyl (C=O) groups is 1. The molecule has 0 radical (unpaired) electrons. The lowest BCUT2D eigenvalue weighted by molar-refractivity contribution is -0.115. The van der Waals surface area contributed by atoms with Crippen LogP contribution in [-0.2, 0) is 4.79 Å². The molecule has 0 saturated carbocycles. The van der Waals surface area contributed by atoms with E-state index in [1.807, 2.05) is 0 Å². The first-order valence-electron chi connectivity index (χ1n) is 2.51.